The summed E-state index contributed by atoms with van der Waals surface area (Å²) in [5, 5.41) is 0. The average Bonchev–Trinajstić information content (AvgIpc) is 3.10. The van der Waals surface area contributed by atoms with Crippen molar-refractivity contribution < 1.29 is 23.0 Å². The fourth-order valence-corrected chi connectivity index (χ4v) is 3.94. The molecule has 1 unspecified atom stereocenters. The fourth-order valence-electron chi connectivity index (χ4n) is 3.94. The van der Waals surface area contributed by atoms with Crippen molar-refractivity contribution >= 4 is 0 Å². The van der Waals surface area contributed by atoms with E-state index >= 15 is 0 Å². The summed E-state index contributed by atoms with van der Waals surface area (Å²) in [7, 11) is 0. The van der Waals surface area contributed by atoms with Gasteiger partial charge in [0.2, 0.25) is 5.88 Å². The maximum Gasteiger partial charge on any atom is 0.387 e. The summed E-state index contributed by atoms with van der Waals surface area (Å²) in [4.78, 5) is 6.59. The van der Waals surface area contributed by atoms with Crippen LogP contribution < -0.4 is 9.47 Å². The number of fused-ring (bicyclic) bond motifs is 1. The van der Waals surface area contributed by atoms with E-state index in [1.807, 2.05) is 0 Å². The summed E-state index contributed by atoms with van der Waals surface area (Å²) in [5.41, 5.74) is 0.131. The van der Waals surface area contributed by atoms with Gasteiger partial charge in [-0.25, -0.2) is 4.98 Å². The van der Waals surface area contributed by atoms with Gasteiger partial charge in [0.1, 0.15) is 12.4 Å². The number of ether oxygens (including phenoxy) is 3. The quantitative estimate of drug-likeness (QED) is 0.713. The van der Waals surface area contributed by atoms with E-state index in [2.05, 4.69) is 28.5 Å². The molecule has 140 valence electrons. The lowest BCUT2D eigenvalue weighted by Gasteiger charge is -2.35. The topological polar surface area (TPSA) is 43.8 Å². The highest BCUT2D eigenvalue weighted by atomic mass is 19.3. The maximum atomic E-state index is 12.3. The zero-order valence-electron chi connectivity index (χ0n) is 14.8. The maximum absolute atomic E-state index is 12.3. The Balaban J connectivity index is 1.57. The molecule has 0 spiro atoms. The number of hydrogen-bond donors (Lipinski definition) is 0. The summed E-state index contributed by atoms with van der Waals surface area (Å²) in [6.45, 7) is 3.58. The lowest BCUT2D eigenvalue weighted by atomic mass is 9.95. The molecular weight excluding hydrogens is 330 g/mol. The minimum Gasteiger partial charge on any atom is -0.476 e. The van der Waals surface area contributed by atoms with Crippen molar-refractivity contribution in [3.05, 3.63) is 18.3 Å². The van der Waals surface area contributed by atoms with Crippen LogP contribution in [-0.4, -0.2) is 53.9 Å². The number of halogens is 2. The first-order chi connectivity index (χ1) is 12.0. The number of hydrogen-bond acceptors (Lipinski definition) is 5. The zero-order chi connectivity index (χ0) is 17.9. The standard InChI is InChI=1S/C18H26F2N2O3/c1-13(2)24-12-18-6-3-9-22(18)14(4-7-18)11-23-16-10-15(5-8-21-16)25-17(19)20/h5,8,10,13-14,17H,3-4,6-7,9,11-12H2,1-2H3/t14-,18?/m0/s1. The second-order valence-electron chi connectivity index (χ2n) is 7.09. The highest BCUT2D eigenvalue weighted by molar-refractivity contribution is 5.26. The van der Waals surface area contributed by atoms with Crippen LogP contribution in [0.25, 0.3) is 0 Å². The van der Waals surface area contributed by atoms with Crippen LogP contribution >= 0.6 is 0 Å². The second kappa shape index (κ2) is 7.83. The van der Waals surface area contributed by atoms with Crippen LogP contribution in [-0.2, 0) is 4.74 Å². The predicted molar refractivity (Wildman–Crippen MR) is 89.1 cm³/mol. The number of nitrogens with zero attached hydrogens (tertiary/aromatic N) is 2. The van der Waals surface area contributed by atoms with Gasteiger partial charge in [-0.1, -0.05) is 0 Å². The van der Waals surface area contributed by atoms with Crippen LogP contribution in [0.2, 0.25) is 0 Å². The predicted octanol–water partition coefficient (Wildman–Crippen LogP) is 3.48. The number of aromatic nitrogens is 1. The Morgan fingerprint density at radius 2 is 2.20 bits per heavy atom. The van der Waals surface area contributed by atoms with Crippen molar-refractivity contribution in [2.24, 2.45) is 0 Å². The van der Waals surface area contributed by atoms with Gasteiger partial charge in [-0.15, -0.1) is 0 Å². The molecule has 2 aliphatic heterocycles. The van der Waals surface area contributed by atoms with Gasteiger partial charge < -0.3 is 14.2 Å². The molecule has 2 saturated heterocycles. The molecule has 0 saturated carbocycles. The molecule has 0 amide bonds. The largest absolute Gasteiger partial charge is 0.476 e. The molecule has 0 aromatic carbocycles. The van der Waals surface area contributed by atoms with E-state index in [9.17, 15) is 8.78 Å². The monoisotopic (exact) mass is 356 g/mol. The number of rotatable bonds is 8. The third-order valence-corrected chi connectivity index (χ3v) is 5.07. The minimum atomic E-state index is -2.85. The van der Waals surface area contributed by atoms with E-state index in [-0.39, 0.29) is 17.4 Å². The van der Waals surface area contributed by atoms with Gasteiger partial charge in [0.05, 0.1) is 12.7 Å². The lowest BCUT2D eigenvalue weighted by Crippen LogP contribution is -2.47. The van der Waals surface area contributed by atoms with Crippen LogP contribution in [0.5, 0.6) is 11.6 Å². The van der Waals surface area contributed by atoms with Crippen molar-refractivity contribution in [2.45, 2.75) is 63.8 Å². The molecule has 3 rings (SSSR count). The first-order valence-corrected chi connectivity index (χ1v) is 8.90. The van der Waals surface area contributed by atoms with E-state index in [1.165, 1.54) is 24.8 Å². The van der Waals surface area contributed by atoms with Crippen LogP contribution in [0.1, 0.15) is 39.5 Å². The Morgan fingerprint density at radius 3 is 2.96 bits per heavy atom. The molecule has 2 aliphatic rings. The minimum absolute atomic E-state index is 0.0623. The molecule has 0 bridgehead atoms. The Labute approximate surface area is 147 Å². The Bertz CT molecular complexity index is 573. The van der Waals surface area contributed by atoms with Crippen molar-refractivity contribution in [3.8, 4) is 11.6 Å². The summed E-state index contributed by atoms with van der Waals surface area (Å²) in [6, 6.07) is 3.10. The highest BCUT2D eigenvalue weighted by Crippen LogP contribution is 2.42. The molecule has 7 heteroatoms. The normalized spacial score (nSPS) is 26.4. The van der Waals surface area contributed by atoms with Gasteiger partial charge in [0.25, 0.3) is 0 Å². The SMILES string of the molecule is CC(C)OCC12CCCN1[C@H](COc1cc(OC(F)F)ccn1)CC2. The first-order valence-electron chi connectivity index (χ1n) is 8.90. The van der Waals surface area contributed by atoms with Crippen molar-refractivity contribution in [3.63, 3.8) is 0 Å². The van der Waals surface area contributed by atoms with E-state index in [1.54, 1.807) is 0 Å². The van der Waals surface area contributed by atoms with Crippen molar-refractivity contribution in [2.75, 3.05) is 19.8 Å². The molecule has 0 radical (unpaired) electrons. The van der Waals surface area contributed by atoms with Gasteiger partial charge in [0.15, 0.2) is 0 Å². The zero-order valence-corrected chi connectivity index (χ0v) is 14.8. The van der Waals surface area contributed by atoms with Gasteiger partial charge >= 0.3 is 6.61 Å². The number of alkyl halides is 2. The van der Waals surface area contributed by atoms with Crippen LogP contribution in [0.4, 0.5) is 8.78 Å². The third kappa shape index (κ3) is 4.39. The summed E-state index contributed by atoms with van der Waals surface area (Å²) in [5.74, 6) is 0.376. The van der Waals surface area contributed by atoms with Gasteiger partial charge in [-0.05, 0) is 52.1 Å². The summed E-state index contributed by atoms with van der Waals surface area (Å²) < 4.78 is 40.7. The van der Waals surface area contributed by atoms with E-state index in [0.717, 1.165) is 32.4 Å². The molecule has 25 heavy (non-hydrogen) atoms. The van der Waals surface area contributed by atoms with E-state index in [4.69, 9.17) is 9.47 Å². The van der Waals surface area contributed by atoms with Gasteiger partial charge in [0, 0.05) is 23.8 Å². The van der Waals surface area contributed by atoms with Crippen molar-refractivity contribution in [1.82, 2.24) is 9.88 Å². The molecule has 0 N–H and O–H groups in total. The Kier molecular flexibility index (Phi) is 5.74. The average molecular weight is 356 g/mol. The lowest BCUT2D eigenvalue weighted by molar-refractivity contribution is -0.0500. The van der Waals surface area contributed by atoms with E-state index in [0.29, 0.717) is 18.5 Å². The molecule has 1 aromatic rings. The molecule has 1 aromatic heterocycles. The van der Waals surface area contributed by atoms with Crippen LogP contribution in [0.3, 0.4) is 0 Å². The smallest absolute Gasteiger partial charge is 0.387 e. The highest BCUT2D eigenvalue weighted by Gasteiger charge is 2.49. The van der Waals surface area contributed by atoms with Crippen LogP contribution in [0.15, 0.2) is 18.3 Å². The molecule has 3 heterocycles. The summed E-state index contributed by atoms with van der Waals surface area (Å²) in [6.07, 6.45) is 6.14. The number of pyridine rings is 1. The third-order valence-electron chi connectivity index (χ3n) is 5.07. The van der Waals surface area contributed by atoms with Crippen LogP contribution in [0, 0.1) is 0 Å². The second-order valence-corrected chi connectivity index (χ2v) is 7.09. The van der Waals surface area contributed by atoms with Gasteiger partial charge in [-0.3, -0.25) is 4.90 Å². The van der Waals surface area contributed by atoms with Crippen molar-refractivity contribution in [1.29, 1.82) is 0 Å². The molecule has 5 nitrogen and oxygen atoms in total. The Hall–Kier alpha value is -1.47. The molecule has 2 fully saturated rings. The summed E-state index contributed by atoms with van der Waals surface area (Å²) >= 11 is 0. The molecule has 0 aliphatic carbocycles. The first kappa shape index (κ1) is 18.3. The Morgan fingerprint density at radius 1 is 1.36 bits per heavy atom. The molecular formula is C18H26F2N2O3. The molecule has 2 atom stereocenters. The van der Waals surface area contributed by atoms with Gasteiger partial charge in [-0.2, -0.15) is 8.78 Å². The fraction of sp³-hybridized carbons (Fsp3) is 0.722. The van der Waals surface area contributed by atoms with E-state index < -0.39 is 6.61 Å².